The number of thioether (sulfide) groups is 1. The molecule has 1 aliphatic rings. The molecule has 6 nitrogen and oxygen atoms in total. The molecule has 2 amide bonds. The molecule has 3 rings (SSSR count). The Bertz CT molecular complexity index is 835. The van der Waals surface area contributed by atoms with Gasteiger partial charge in [0.25, 0.3) is 5.91 Å². The lowest BCUT2D eigenvalue weighted by Gasteiger charge is -2.14. The van der Waals surface area contributed by atoms with E-state index in [-0.39, 0.29) is 17.6 Å². The molecule has 0 radical (unpaired) electrons. The molecule has 0 saturated heterocycles. The SMILES string of the molecule is COCCNC(=O)CSc1ccccc1C(=O)Nc1ccc(OC2CCCC2)cc1. The van der Waals surface area contributed by atoms with Crippen LogP contribution in [0.4, 0.5) is 5.69 Å². The number of methoxy groups -OCH3 is 1. The summed E-state index contributed by atoms with van der Waals surface area (Å²) >= 11 is 1.34. The first kappa shape index (κ1) is 22.2. The number of carbonyl (C=O) groups is 2. The average Bonchev–Trinajstić information content (AvgIpc) is 3.27. The van der Waals surface area contributed by atoms with Gasteiger partial charge in [0, 0.05) is 24.2 Å². The molecular formula is C23H28N2O4S. The van der Waals surface area contributed by atoms with E-state index in [1.165, 1.54) is 24.6 Å². The van der Waals surface area contributed by atoms with Crippen LogP contribution in [0.3, 0.4) is 0 Å². The average molecular weight is 429 g/mol. The summed E-state index contributed by atoms with van der Waals surface area (Å²) in [5.74, 6) is 0.768. The van der Waals surface area contributed by atoms with E-state index in [1.54, 1.807) is 13.2 Å². The van der Waals surface area contributed by atoms with Gasteiger partial charge in [-0.15, -0.1) is 11.8 Å². The third kappa shape index (κ3) is 6.78. The normalized spacial score (nSPS) is 13.8. The van der Waals surface area contributed by atoms with Gasteiger partial charge >= 0.3 is 0 Å². The van der Waals surface area contributed by atoms with Gasteiger partial charge in [-0.1, -0.05) is 12.1 Å². The second kappa shape index (κ2) is 11.6. The molecule has 7 heteroatoms. The molecule has 2 N–H and O–H groups in total. The van der Waals surface area contributed by atoms with Gasteiger partial charge in [-0.25, -0.2) is 0 Å². The highest BCUT2D eigenvalue weighted by Gasteiger charge is 2.17. The number of hydrogen-bond donors (Lipinski definition) is 2. The molecule has 160 valence electrons. The van der Waals surface area contributed by atoms with E-state index < -0.39 is 0 Å². The summed E-state index contributed by atoms with van der Waals surface area (Å²) in [5.41, 5.74) is 1.24. The van der Waals surface area contributed by atoms with Crippen molar-refractivity contribution in [3.8, 4) is 5.75 Å². The summed E-state index contributed by atoms with van der Waals surface area (Å²) in [6, 6.07) is 14.8. The number of benzene rings is 2. The zero-order valence-electron chi connectivity index (χ0n) is 17.2. The highest BCUT2D eigenvalue weighted by atomic mass is 32.2. The first-order valence-corrected chi connectivity index (χ1v) is 11.2. The van der Waals surface area contributed by atoms with Crippen molar-refractivity contribution < 1.29 is 19.1 Å². The predicted octanol–water partition coefficient (Wildman–Crippen LogP) is 4.12. The summed E-state index contributed by atoms with van der Waals surface area (Å²) in [6.45, 7) is 0.943. The monoisotopic (exact) mass is 428 g/mol. The summed E-state index contributed by atoms with van der Waals surface area (Å²) < 4.78 is 10.9. The third-order valence-electron chi connectivity index (χ3n) is 4.84. The molecule has 30 heavy (non-hydrogen) atoms. The number of nitrogens with one attached hydrogen (secondary N) is 2. The molecule has 0 aromatic heterocycles. The van der Waals surface area contributed by atoms with Crippen LogP contribution in [0.15, 0.2) is 53.4 Å². The number of carbonyl (C=O) groups excluding carboxylic acids is 2. The Morgan fingerprint density at radius 2 is 1.80 bits per heavy atom. The smallest absolute Gasteiger partial charge is 0.256 e. The van der Waals surface area contributed by atoms with Crippen LogP contribution in [-0.4, -0.2) is 43.9 Å². The molecule has 0 spiro atoms. The maximum Gasteiger partial charge on any atom is 0.256 e. The first-order chi connectivity index (χ1) is 14.7. The highest BCUT2D eigenvalue weighted by molar-refractivity contribution is 8.00. The van der Waals surface area contributed by atoms with Crippen LogP contribution in [0.1, 0.15) is 36.0 Å². The van der Waals surface area contributed by atoms with E-state index in [0.717, 1.165) is 23.5 Å². The van der Waals surface area contributed by atoms with Crippen LogP contribution < -0.4 is 15.4 Å². The summed E-state index contributed by atoms with van der Waals surface area (Å²) in [5, 5.41) is 5.70. The molecule has 2 aromatic carbocycles. The molecule has 1 fully saturated rings. The number of amides is 2. The quantitative estimate of drug-likeness (QED) is 0.440. The van der Waals surface area contributed by atoms with Crippen LogP contribution >= 0.6 is 11.8 Å². The minimum absolute atomic E-state index is 0.0925. The minimum atomic E-state index is -0.206. The molecule has 0 unspecified atom stereocenters. The van der Waals surface area contributed by atoms with Crippen LogP contribution in [0.5, 0.6) is 5.75 Å². The minimum Gasteiger partial charge on any atom is -0.490 e. The Kier molecular flexibility index (Phi) is 8.59. The number of rotatable bonds is 10. The Morgan fingerprint density at radius 3 is 2.53 bits per heavy atom. The standard InChI is InChI=1S/C23H28N2O4S/c1-28-15-14-24-22(26)16-30-21-9-5-4-8-20(21)23(27)25-17-10-12-19(13-11-17)29-18-6-2-3-7-18/h4-5,8-13,18H,2-3,6-7,14-16H2,1H3,(H,24,26)(H,25,27). The zero-order chi connectivity index (χ0) is 21.2. The van der Waals surface area contributed by atoms with Crippen LogP contribution in [0.2, 0.25) is 0 Å². The fourth-order valence-corrected chi connectivity index (χ4v) is 4.16. The topological polar surface area (TPSA) is 76.7 Å². The maximum absolute atomic E-state index is 12.8. The second-order valence-corrected chi connectivity index (χ2v) is 8.15. The second-order valence-electron chi connectivity index (χ2n) is 7.13. The molecule has 0 bridgehead atoms. The summed E-state index contributed by atoms with van der Waals surface area (Å²) in [7, 11) is 1.59. The van der Waals surface area contributed by atoms with Crippen molar-refractivity contribution in [2.75, 3.05) is 31.3 Å². The van der Waals surface area contributed by atoms with Crippen molar-refractivity contribution in [1.29, 1.82) is 0 Å². The van der Waals surface area contributed by atoms with E-state index >= 15 is 0 Å². The Hall–Kier alpha value is -2.51. The van der Waals surface area contributed by atoms with Gasteiger partial charge < -0.3 is 20.1 Å². The number of anilines is 1. The lowest BCUT2D eigenvalue weighted by molar-refractivity contribution is -0.118. The van der Waals surface area contributed by atoms with E-state index in [2.05, 4.69) is 10.6 Å². The van der Waals surface area contributed by atoms with Crippen molar-refractivity contribution >= 4 is 29.3 Å². The van der Waals surface area contributed by atoms with Crippen molar-refractivity contribution in [3.05, 3.63) is 54.1 Å². The maximum atomic E-state index is 12.8. The lowest BCUT2D eigenvalue weighted by Crippen LogP contribution is -2.28. The summed E-state index contributed by atoms with van der Waals surface area (Å²) in [6.07, 6.45) is 4.98. The van der Waals surface area contributed by atoms with E-state index in [0.29, 0.717) is 30.5 Å². The van der Waals surface area contributed by atoms with Gasteiger partial charge in [-0.2, -0.15) is 0 Å². The third-order valence-corrected chi connectivity index (χ3v) is 5.91. The van der Waals surface area contributed by atoms with Gasteiger partial charge in [0.2, 0.25) is 5.91 Å². The van der Waals surface area contributed by atoms with Gasteiger partial charge in [0.15, 0.2) is 0 Å². The van der Waals surface area contributed by atoms with Crippen LogP contribution in [0.25, 0.3) is 0 Å². The van der Waals surface area contributed by atoms with Crippen molar-refractivity contribution in [1.82, 2.24) is 5.32 Å². The van der Waals surface area contributed by atoms with Crippen molar-refractivity contribution in [2.45, 2.75) is 36.7 Å². The first-order valence-electron chi connectivity index (χ1n) is 10.2. The molecule has 2 aromatic rings. The largest absolute Gasteiger partial charge is 0.490 e. The number of hydrogen-bond acceptors (Lipinski definition) is 5. The van der Waals surface area contributed by atoms with Gasteiger partial charge in [0.05, 0.1) is 24.0 Å². The predicted molar refractivity (Wildman–Crippen MR) is 119 cm³/mol. The molecule has 0 aliphatic heterocycles. The molecule has 0 atom stereocenters. The Balaban J connectivity index is 1.55. The fraction of sp³-hybridized carbons (Fsp3) is 0.391. The fourth-order valence-electron chi connectivity index (χ4n) is 3.28. The van der Waals surface area contributed by atoms with E-state index in [1.807, 2.05) is 42.5 Å². The highest BCUT2D eigenvalue weighted by Crippen LogP contribution is 2.26. The molecule has 0 heterocycles. The summed E-state index contributed by atoms with van der Waals surface area (Å²) in [4.78, 5) is 25.5. The van der Waals surface area contributed by atoms with E-state index in [4.69, 9.17) is 9.47 Å². The zero-order valence-corrected chi connectivity index (χ0v) is 18.0. The van der Waals surface area contributed by atoms with Crippen LogP contribution in [0, 0.1) is 0 Å². The van der Waals surface area contributed by atoms with Gasteiger partial charge in [-0.05, 0) is 62.1 Å². The lowest BCUT2D eigenvalue weighted by atomic mass is 10.2. The van der Waals surface area contributed by atoms with Crippen LogP contribution in [-0.2, 0) is 9.53 Å². The van der Waals surface area contributed by atoms with Crippen molar-refractivity contribution in [2.24, 2.45) is 0 Å². The molecule has 1 aliphatic carbocycles. The van der Waals surface area contributed by atoms with Crippen molar-refractivity contribution in [3.63, 3.8) is 0 Å². The molecular weight excluding hydrogens is 400 g/mol. The number of ether oxygens (including phenoxy) is 2. The van der Waals surface area contributed by atoms with E-state index in [9.17, 15) is 9.59 Å². The Labute approximate surface area is 181 Å². The molecule has 1 saturated carbocycles. The van der Waals surface area contributed by atoms with Gasteiger partial charge in [-0.3, -0.25) is 9.59 Å². The Morgan fingerprint density at radius 1 is 1.07 bits per heavy atom. The van der Waals surface area contributed by atoms with Gasteiger partial charge in [0.1, 0.15) is 5.75 Å².